The van der Waals surface area contributed by atoms with E-state index in [9.17, 15) is 0 Å². The highest BCUT2D eigenvalue weighted by atomic mass is 32.1. The molecule has 0 unspecified atom stereocenters. The van der Waals surface area contributed by atoms with E-state index in [-0.39, 0.29) is 5.41 Å². The summed E-state index contributed by atoms with van der Waals surface area (Å²) in [6.45, 7) is 13.3. The molecule has 5 nitrogen and oxygen atoms in total. The molecule has 0 saturated heterocycles. The van der Waals surface area contributed by atoms with Crippen LogP contribution in [0.2, 0.25) is 13.1 Å². The van der Waals surface area contributed by atoms with Crippen molar-refractivity contribution in [3.05, 3.63) is 142 Å². The van der Waals surface area contributed by atoms with Crippen LogP contribution in [-0.2, 0) is 11.0 Å². The number of benzene rings is 4. The van der Waals surface area contributed by atoms with Gasteiger partial charge in [-0.2, -0.15) is 0 Å². The van der Waals surface area contributed by atoms with E-state index >= 15 is 0 Å². The highest BCUT2D eigenvalue weighted by Gasteiger charge is 2.41. The van der Waals surface area contributed by atoms with Crippen molar-refractivity contribution in [3.8, 4) is 27.6 Å². The number of rotatable bonds is 8. The van der Waals surface area contributed by atoms with Crippen LogP contribution >= 0.6 is 11.3 Å². The van der Waals surface area contributed by atoms with Gasteiger partial charge in [0.1, 0.15) is 5.75 Å². The average Bonchev–Trinajstić information content (AvgIpc) is 3.70. The molecule has 0 amide bonds. The zero-order valence-electron chi connectivity index (χ0n) is 26.2. The van der Waals surface area contributed by atoms with Crippen molar-refractivity contribution >= 4 is 20.4 Å². The molecule has 0 saturated carbocycles. The normalized spacial score (nSPS) is 12.1. The molecule has 4 aromatic carbocycles. The Morgan fingerprint density at radius 3 is 1.75 bits per heavy atom. The van der Waals surface area contributed by atoms with Crippen LogP contribution in [0.4, 0.5) is 0 Å². The zero-order valence-corrected chi connectivity index (χ0v) is 28.1. The van der Waals surface area contributed by atoms with E-state index in [1.54, 1.807) is 16.1 Å². The summed E-state index contributed by atoms with van der Waals surface area (Å²) in [5, 5.41) is 16.8. The highest BCUT2D eigenvalue weighted by Crippen LogP contribution is 2.44. The molecule has 0 aliphatic rings. The minimum Gasteiger partial charge on any atom is -0.547 e. The maximum Gasteiger partial charge on any atom is 0.229 e. The minimum absolute atomic E-state index is 0.0285. The molecule has 6 rings (SSSR count). The molecule has 2 aromatic heterocycles. The maximum atomic E-state index is 6.58. The largest absolute Gasteiger partial charge is 0.547 e. The lowest BCUT2D eigenvalue weighted by Crippen LogP contribution is -2.39. The van der Waals surface area contributed by atoms with E-state index < -0.39 is 14.6 Å². The Morgan fingerprint density at radius 1 is 0.705 bits per heavy atom. The first-order valence-electron chi connectivity index (χ1n) is 15.1. The molecule has 7 heteroatoms. The number of nitrogens with zero attached hydrogens (tertiary/aromatic N) is 4. The number of thiophene rings is 1. The molecular weight excluding hydrogens is 577 g/mol. The van der Waals surface area contributed by atoms with Crippen molar-refractivity contribution in [1.29, 1.82) is 0 Å². The molecule has 0 aliphatic heterocycles. The third-order valence-corrected chi connectivity index (χ3v) is 9.63. The Balaban J connectivity index is 1.54. The number of hydrogen-bond acceptors (Lipinski definition) is 5. The summed E-state index contributed by atoms with van der Waals surface area (Å²) in [5.74, 6) is 1.61. The Morgan fingerprint density at radius 2 is 1.25 bits per heavy atom. The van der Waals surface area contributed by atoms with Gasteiger partial charge in [-0.3, -0.25) is 0 Å². The quantitative estimate of drug-likeness (QED) is 0.127. The Labute approximate surface area is 265 Å². The van der Waals surface area contributed by atoms with Crippen LogP contribution in [0, 0.1) is 6.92 Å². The third kappa shape index (κ3) is 5.31. The van der Waals surface area contributed by atoms with E-state index in [4.69, 9.17) is 19.8 Å². The molecule has 0 aliphatic carbocycles. The molecule has 0 atom stereocenters. The lowest BCUT2D eigenvalue weighted by molar-refractivity contribution is 0.396. The van der Waals surface area contributed by atoms with Crippen molar-refractivity contribution in [1.82, 2.24) is 20.2 Å². The standard InChI is InChI=1S/C37H38N4OSSi/c1-26-30(22-23-32(36(2,3)4)33(26)42-44(5)6)31-24-25-43-34(31)35-38-40-41(39-35)37(27-16-10-7-11-17-27,28-18-12-8-13-19-28)29-20-14-9-15-21-29/h7-25,44H,1-6H3. The number of tetrazole rings is 1. The summed E-state index contributed by atoms with van der Waals surface area (Å²) in [7, 11) is -1.34. The summed E-state index contributed by atoms with van der Waals surface area (Å²) in [6, 6.07) is 37.9. The van der Waals surface area contributed by atoms with Gasteiger partial charge in [-0.05, 0) is 75.5 Å². The van der Waals surface area contributed by atoms with Crippen molar-refractivity contribution in [2.45, 2.75) is 51.7 Å². The van der Waals surface area contributed by atoms with Gasteiger partial charge < -0.3 is 4.43 Å². The molecule has 2 heterocycles. The molecule has 0 bridgehead atoms. The van der Waals surface area contributed by atoms with Gasteiger partial charge in [0.25, 0.3) is 0 Å². The molecule has 0 spiro atoms. The van der Waals surface area contributed by atoms with Gasteiger partial charge in [0.2, 0.25) is 14.9 Å². The number of hydrogen-bond donors (Lipinski definition) is 0. The van der Waals surface area contributed by atoms with E-state index in [2.05, 4.69) is 137 Å². The van der Waals surface area contributed by atoms with Gasteiger partial charge in [-0.1, -0.05) is 124 Å². The monoisotopic (exact) mass is 614 g/mol. The Hall–Kier alpha value is -4.33. The van der Waals surface area contributed by atoms with Gasteiger partial charge in [-0.15, -0.1) is 26.3 Å². The van der Waals surface area contributed by atoms with Gasteiger partial charge in [0, 0.05) is 5.56 Å². The Kier molecular flexibility index (Phi) is 8.09. The molecule has 44 heavy (non-hydrogen) atoms. The van der Waals surface area contributed by atoms with Crippen LogP contribution < -0.4 is 4.43 Å². The van der Waals surface area contributed by atoms with E-state index in [0.29, 0.717) is 5.82 Å². The topological polar surface area (TPSA) is 52.8 Å². The summed E-state index contributed by atoms with van der Waals surface area (Å²) < 4.78 is 6.58. The summed E-state index contributed by atoms with van der Waals surface area (Å²) >= 11 is 1.64. The summed E-state index contributed by atoms with van der Waals surface area (Å²) in [4.78, 5) is 2.78. The van der Waals surface area contributed by atoms with Crippen LogP contribution in [0.25, 0.3) is 21.8 Å². The molecular formula is C37H38N4OSSi. The lowest BCUT2D eigenvalue weighted by Gasteiger charge is -2.34. The molecule has 0 radical (unpaired) electrons. The fraction of sp³-hybridized carbons (Fsp3) is 0.216. The van der Waals surface area contributed by atoms with Crippen molar-refractivity contribution in [2.24, 2.45) is 0 Å². The summed E-state index contributed by atoms with van der Waals surface area (Å²) in [6.07, 6.45) is 0. The van der Waals surface area contributed by atoms with Gasteiger partial charge in [-0.25, -0.2) is 0 Å². The second kappa shape index (κ2) is 12.0. The average molecular weight is 615 g/mol. The molecule has 0 N–H and O–H groups in total. The van der Waals surface area contributed by atoms with Gasteiger partial charge in [0.15, 0.2) is 5.54 Å². The Bertz CT molecular complexity index is 1760. The SMILES string of the molecule is Cc1c(-c2ccsc2-c2nnn(C(c3ccccc3)(c3ccccc3)c3ccccc3)n2)ccc(C(C)(C)C)c1O[SiH](C)C. The van der Waals surface area contributed by atoms with Crippen LogP contribution in [0.1, 0.15) is 48.6 Å². The third-order valence-electron chi connectivity index (χ3n) is 8.01. The van der Waals surface area contributed by atoms with Crippen LogP contribution in [0.3, 0.4) is 0 Å². The van der Waals surface area contributed by atoms with Crippen LogP contribution in [-0.4, -0.2) is 29.2 Å². The second-order valence-corrected chi connectivity index (χ2v) is 15.7. The predicted molar refractivity (Wildman–Crippen MR) is 184 cm³/mol. The second-order valence-electron chi connectivity index (χ2n) is 12.4. The first kappa shape index (κ1) is 29.7. The van der Waals surface area contributed by atoms with E-state index in [1.165, 1.54) is 5.56 Å². The first-order chi connectivity index (χ1) is 21.2. The minimum atomic E-state index is -1.34. The number of aromatic nitrogens is 4. The maximum absolute atomic E-state index is 6.58. The molecule has 0 fully saturated rings. The fourth-order valence-electron chi connectivity index (χ4n) is 5.99. The predicted octanol–water partition coefficient (Wildman–Crippen LogP) is 8.88. The van der Waals surface area contributed by atoms with Crippen LogP contribution in [0.15, 0.2) is 115 Å². The van der Waals surface area contributed by atoms with Gasteiger partial charge in [0.05, 0.1) is 4.88 Å². The highest BCUT2D eigenvalue weighted by molar-refractivity contribution is 7.14. The molecule has 222 valence electrons. The van der Waals surface area contributed by atoms with E-state index in [0.717, 1.165) is 44.0 Å². The van der Waals surface area contributed by atoms with Crippen LogP contribution in [0.5, 0.6) is 5.75 Å². The summed E-state index contributed by atoms with van der Waals surface area (Å²) in [5.41, 5.74) is 6.93. The fourth-order valence-corrected chi connectivity index (χ4v) is 7.60. The van der Waals surface area contributed by atoms with E-state index in [1.807, 2.05) is 18.2 Å². The van der Waals surface area contributed by atoms with Crippen molar-refractivity contribution in [3.63, 3.8) is 0 Å². The van der Waals surface area contributed by atoms with Gasteiger partial charge >= 0.3 is 0 Å². The van der Waals surface area contributed by atoms with Crippen molar-refractivity contribution in [2.75, 3.05) is 0 Å². The first-order valence-corrected chi connectivity index (χ1v) is 18.7. The zero-order chi connectivity index (χ0) is 30.9. The smallest absolute Gasteiger partial charge is 0.229 e. The van der Waals surface area contributed by atoms with Crippen molar-refractivity contribution < 1.29 is 4.43 Å². The molecule has 6 aromatic rings. The lowest BCUT2D eigenvalue weighted by atomic mass is 9.77.